The number of hydrogen-bond acceptors (Lipinski definition) is 10. The number of halogens is 2. The van der Waals surface area contributed by atoms with Gasteiger partial charge in [0.2, 0.25) is 17.7 Å². The smallest absolute Gasteiger partial charge is 0.274 e. The number of nitrogens with one attached hydrogen (secondary N) is 2. The second-order valence-electron chi connectivity index (χ2n) is 17.7. The number of benzene rings is 3. The number of anilines is 1. The van der Waals surface area contributed by atoms with Gasteiger partial charge in [0.1, 0.15) is 11.7 Å². The van der Waals surface area contributed by atoms with Gasteiger partial charge < -0.3 is 36.9 Å². The standard InChI is InChI=1S/C48H55ClFN9O5.C5H8.C2H5N/c1-2-32-6-5-7-35(24-32)36-27-42(54-43(60)28-49)45(53-29-36)48(64)59-18-16-56(17-19-59)30-33-12-14-55(15-13-33)31-44(61)57-20-22-58(23-21-57)47(63)39-25-34(10-11-40(39)50)26-41(51)37-8-3-4-9-38(37)46(52)62;1-3-5-4-2;1-2-3/h3-11,24-25,27,29,33,51H,2,12-23,26,28,30-31H2,1H3,(H2,52,62)(H,54,60);3-5H,1H2,2H3;2H,1,3H2/b;5-4-;. The molecule has 0 bridgehead atoms. The highest BCUT2D eigenvalue weighted by Crippen LogP contribution is 2.27. The lowest BCUT2D eigenvalue weighted by molar-refractivity contribution is -0.134. The van der Waals surface area contributed by atoms with Crippen LogP contribution >= 0.6 is 11.6 Å². The first-order valence-corrected chi connectivity index (χ1v) is 24.8. The Morgan fingerprint density at radius 2 is 1.43 bits per heavy atom. The van der Waals surface area contributed by atoms with E-state index in [0.29, 0.717) is 55.5 Å². The van der Waals surface area contributed by atoms with Crippen LogP contribution in [0.15, 0.2) is 117 Å². The molecular weight excluding hydrogens is 935 g/mol. The van der Waals surface area contributed by atoms with Gasteiger partial charge in [0.25, 0.3) is 11.8 Å². The number of hydrogen-bond donors (Lipinski definition) is 4. The second kappa shape index (κ2) is 28.1. The molecule has 0 atom stereocenters. The molecule has 4 heterocycles. The van der Waals surface area contributed by atoms with Crippen molar-refractivity contribution in [2.45, 2.75) is 39.5 Å². The summed E-state index contributed by atoms with van der Waals surface area (Å²) in [5.41, 5.74) is 14.7. The number of primary amides is 1. The average molecular weight is 1000 g/mol. The van der Waals surface area contributed by atoms with Crippen molar-refractivity contribution in [3.05, 3.63) is 156 Å². The van der Waals surface area contributed by atoms with Crippen LogP contribution in [0.2, 0.25) is 0 Å². The molecule has 3 aliphatic rings. The maximum absolute atomic E-state index is 15.0. The van der Waals surface area contributed by atoms with Crippen LogP contribution in [0, 0.1) is 17.1 Å². The monoisotopic (exact) mass is 1000 g/mol. The number of alkyl halides is 1. The number of aryl methyl sites for hydroxylation is 1. The molecule has 1 aromatic heterocycles. The lowest BCUT2D eigenvalue weighted by Gasteiger charge is -2.39. The Morgan fingerprint density at radius 1 is 0.792 bits per heavy atom. The highest BCUT2D eigenvalue weighted by molar-refractivity contribution is 6.29. The van der Waals surface area contributed by atoms with Gasteiger partial charge in [-0.2, -0.15) is 0 Å². The van der Waals surface area contributed by atoms with E-state index in [2.05, 4.69) is 58.0 Å². The summed E-state index contributed by atoms with van der Waals surface area (Å²) in [7, 11) is 0. The molecule has 17 heteroatoms. The predicted molar refractivity (Wildman–Crippen MR) is 284 cm³/mol. The zero-order chi connectivity index (χ0) is 52.2. The van der Waals surface area contributed by atoms with Gasteiger partial charge in [-0.05, 0) is 92.3 Å². The number of aromatic nitrogens is 1. The minimum Gasteiger partial charge on any atom is -0.405 e. The summed E-state index contributed by atoms with van der Waals surface area (Å²) in [6.45, 7) is 17.2. The maximum atomic E-state index is 15.0. The highest BCUT2D eigenvalue weighted by atomic mass is 35.5. The van der Waals surface area contributed by atoms with Crippen LogP contribution in [-0.4, -0.2) is 149 Å². The number of pyridine rings is 1. The van der Waals surface area contributed by atoms with Crippen molar-refractivity contribution in [3.8, 4) is 11.1 Å². The third kappa shape index (κ3) is 15.7. The van der Waals surface area contributed by atoms with Gasteiger partial charge in [-0.25, -0.2) is 9.37 Å². The maximum Gasteiger partial charge on any atom is 0.274 e. The summed E-state index contributed by atoms with van der Waals surface area (Å²) in [5, 5.41) is 11.4. The molecule has 3 aromatic carbocycles. The van der Waals surface area contributed by atoms with Crippen molar-refractivity contribution in [2.24, 2.45) is 17.4 Å². The van der Waals surface area contributed by atoms with Gasteiger partial charge >= 0.3 is 0 Å². The first-order chi connectivity index (χ1) is 34.7. The largest absolute Gasteiger partial charge is 0.405 e. The van der Waals surface area contributed by atoms with E-state index in [1.54, 1.807) is 57.3 Å². The summed E-state index contributed by atoms with van der Waals surface area (Å²) in [6, 6.07) is 20.6. The summed E-state index contributed by atoms with van der Waals surface area (Å²) in [4.78, 5) is 79.1. The molecule has 15 nitrogen and oxygen atoms in total. The third-order valence-corrected chi connectivity index (χ3v) is 13.0. The van der Waals surface area contributed by atoms with Crippen molar-refractivity contribution in [2.75, 3.05) is 89.7 Å². The van der Waals surface area contributed by atoms with E-state index >= 15 is 0 Å². The minimum absolute atomic E-state index is 0.00878. The second-order valence-corrected chi connectivity index (χ2v) is 18.0. The van der Waals surface area contributed by atoms with Crippen LogP contribution in [0.1, 0.15) is 74.6 Å². The van der Waals surface area contributed by atoms with Crippen LogP contribution in [0.5, 0.6) is 0 Å². The van der Waals surface area contributed by atoms with E-state index in [4.69, 9.17) is 22.7 Å². The molecule has 382 valence electrons. The van der Waals surface area contributed by atoms with E-state index in [9.17, 15) is 28.4 Å². The summed E-state index contributed by atoms with van der Waals surface area (Å²) in [6.07, 6.45) is 11.4. The number of piperidine rings is 1. The minimum atomic E-state index is -0.661. The Morgan fingerprint density at radius 3 is 2.04 bits per heavy atom. The van der Waals surface area contributed by atoms with Gasteiger partial charge in [-0.3, -0.25) is 33.8 Å². The predicted octanol–water partition coefficient (Wildman–Crippen LogP) is 6.63. The number of nitrogens with zero attached hydrogens (tertiary/aromatic N) is 6. The molecule has 0 unspecified atom stereocenters. The van der Waals surface area contributed by atoms with E-state index in [1.165, 1.54) is 30.0 Å². The zero-order valence-corrected chi connectivity index (χ0v) is 42.2. The van der Waals surface area contributed by atoms with Crippen LogP contribution in [0.4, 0.5) is 10.1 Å². The first kappa shape index (κ1) is 55.9. The van der Waals surface area contributed by atoms with Gasteiger partial charge in [0, 0.05) is 93.9 Å². The molecule has 0 spiro atoms. The molecule has 6 N–H and O–H groups in total. The number of carbonyl (C=O) groups is 5. The Balaban J connectivity index is 0.00000112. The van der Waals surface area contributed by atoms with Crippen LogP contribution in [0.3, 0.4) is 0 Å². The Labute approximate surface area is 427 Å². The van der Waals surface area contributed by atoms with Gasteiger partial charge in [0.05, 0.1) is 17.8 Å². The number of likely N-dealkylation sites (tertiary alicyclic amines) is 1. The summed E-state index contributed by atoms with van der Waals surface area (Å²) < 4.78 is 15.0. The molecule has 3 saturated heterocycles. The van der Waals surface area contributed by atoms with Gasteiger partial charge in [-0.15, -0.1) is 11.6 Å². The molecule has 0 radical (unpaired) electrons. The zero-order valence-electron chi connectivity index (χ0n) is 41.5. The lowest BCUT2D eigenvalue weighted by Crippen LogP contribution is -2.53. The molecule has 0 saturated carbocycles. The van der Waals surface area contributed by atoms with E-state index < -0.39 is 23.5 Å². The lowest BCUT2D eigenvalue weighted by atomic mass is 9.96. The number of piperazine rings is 2. The van der Waals surface area contributed by atoms with E-state index in [0.717, 1.165) is 63.1 Å². The highest BCUT2D eigenvalue weighted by Gasteiger charge is 2.31. The molecular formula is C55H68ClFN10O5. The van der Waals surface area contributed by atoms with Gasteiger partial charge in [0.15, 0.2) is 5.69 Å². The summed E-state index contributed by atoms with van der Waals surface area (Å²) >= 11 is 5.82. The van der Waals surface area contributed by atoms with Crippen molar-refractivity contribution in [3.63, 3.8) is 0 Å². The fraction of sp³-hybridized carbons (Fsp3) is 0.364. The molecule has 3 fully saturated rings. The van der Waals surface area contributed by atoms with Crippen LogP contribution in [0.25, 0.3) is 11.1 Å². The van der Waals surface area contributed by atoms with Crippen molar-refractivity contribution in [1.29, 1.82) is 5.41 Å². The van der Waals surface area contributed by atoms with Crippen LogP contribution < -0.4 is 16.8 Å². The van der Waals surface area contributed by atoms with E-state index in [1.807, 2.05) is 31.2 Å². The summed E-state index contributed by atoms with van der Waals surface area (Å²) in [5.74, 6) is -2.18. The average Bonchev–Trinajstić information content (AvgIpc) is 3.40. The number of nitrogens with two attached hydrogens (primary N) is 2. The Bertz CT molecular complexity index is 2580. The molecule has 0 aliphatic carbocycles. The quantitative estimate of drug-likeness (QED) is 0.0573. The van der Waals surface area contributed by atoms with Crippen molar-refractivity contribution < 1.29 is 28.4 Å². The molecule has 72 heavy (non-hydrogen) atoms. The topological polar surface area (TPSA) is 202 Å². The normalized spacial score (nSPS) is 15.4. The number of amides is 5. The fourth-order valence-corrected chi connectivity index (χ4v) is 8.95. The Hall–Kier alpha value is -7.01. The number of rotatable bonds is 15. The van der Waals surface area contributed by atoms with Gasteiger partial charge in [-0.1, -0.05) is 86.8 Å². The Kier molecular flexibility index (Phi) is 21.9. The molecule has 7 rings (SSSR count). The van der Waals surface area contributed by atoms with Crippen LogP contribution in [-0.2, 0) is 22.4 Å². The molecule has 5 amide bonds. The number of carbonyl (C=O) groups excluding carboxylic acids is 5. The fourth-order valence-electron chi connectivity index (χ4n) is 8.88. The van der Waals surface area contributed by atoms with E-state index in [-0.39, 0.29) is 59.7 Å². The third-order valence-electron chi connectivity index (χ3n) is 12.8. The first-order valence-electron chi connectivity index (χ1n) is 24.3. The SMILES string of the molecule is C=C/C=C\C.C=CN.CCc1cccc(-c2cnc(C(=O)N3CCN(CC4CCN(CC(=O)N5CCN(C(=O)c6cc(CC(=N)c7ccccc7C(N)=O)ccc6F)CC5)CC4)CC3)c(NC(=O)CCl)c2)c1. The molecule has 3 aliphatic heterocycles. The molecule has 4 aromatic rings. The van der Waals surface area contributed by atoms with Crippen molar-refractivity contribution >= 4 is 52.5 Å². The number of allylic oxidation sites excluding steroid dienone is 3. The van der Waals surface area contributed by atoms with Crippen molar-refractivity contribution in [1.82, 2.24) is 29.5 Å².